The molecule has 1 aromatic heterocycles. The predicted octanol–water partition coefficient (Wildman–Crippen LogP) is 1.75. The number of aromatic nitrogens is 2. The number of likely N-dealkylation sites (tertiary alicyclic amines) is 1. The van der Waals surface area contributed by atoms with Crippen LogP contribution in [0.1, 0.15) is 47.7 Å². The Morgan fingerprint density at radius 1 is 1.30 bits per heavy atom. The van der Waals surface area contributed by atoms with Gasteiger partial charge < -0.3 is 14.7 Å². The van der Waals surface area contributed by atoms with Crippen LogP contribution in [0.4, 0.5) is 4.39 Å². The van der Waals surface area contributed by atoms with Crippen molar-refractivity contribution in [2.75, 3.05) is 13.7 Å². The summed E-state index contributed by atoms with van der Waals surface area (Å²) in [6.07, 6.45) is 0.493. The second-order valence-electron chi connectivity index (χ2n) is 7.36. The van der Waals surface area contributed by atoms with Gasteiger partial charge in [-0.1, -0.05) is 12.1 Å². The van der Waals surface area contributed by atoms with Gasteiger partial charge in [0.2, 0.25) is 11.7 Å². The molecule has 0 bridgehead atoms. The number of aryl methyl sites for hydroxylation is 1. The number of benzene rings is 1. The summed E-state index contributed by atoms with van der Waals surface area (Å²) >= 11 is 0. The molecule has 0 aliphatic carbocycles. The predicted molar refractivity (Wildman–Crippen MR) is 106 cm³/mol. The molecule has 0 saturated carbocycles. The van der Waals surface area contributed by atoms with Crippen LogP contribution in [0, 0.1) is 5.82 Å². The highest BCUT2D eigenvalue weighted by atomic mass is 19.1. The molecule has 0 radical (unpaired) electrons. The summed E-state index contributed by atoms with van der Waals surface area (Å²) in [4.78, 5) is 43.2. The SMILES string of the molecule is CO[C@@H]1CC(c2nc(C(=O)CCc3ccc(F)cc3)c(O)c(=O)n2C)N(C(C)=O)C1. The van der Waals surface area contributed by atoms with Crippen LogP contribution >= 0.6 is 0 Å². The smallest absolute Gasteiger partial charge is 0.296 e. The zero-order valence-corrected chi connectivity index (χ0v) is 17.1. The third-order valence-electron chi connectivity index (χ3n) is 5.42. The molecule has 9 heteroatoms. The molecule has 1 aromatic carbocycles. The van der Waals surface area contributed by atoms with Gasteiger partial charge in [0, 0.05) is 40.5 Å². The van der Waals surface area contributed by atoms with Crippen LogP contribution in [0.25, 0.3) is 0 Å². The van der Waals surface area contributed by atoms with Gasteiger partial charge in [-0.3, -0.25) is 19.0 Å². The number of ether oxygens (including phenoxy) is 1. The molecule has 1 fully saturated rings. The van der Waals surface area contributed by atoms with Gasteiger partial charge in [-0.2, -0.15) is 0 Å². The van der Waals surface area contributed by atoms with Crippen LogP contribution in [0.3, 0.4) is 0 Å². The van der Waals surface area contributed by atoms with E-state index in [2.05, 4.69) is 4.98 Å². The molecule has 8 nitrogen and oxygen atoms in total. The maximum atomic E-state index is 13.0. The van der Waals surface area contributed by atoms with Crippen LogP contribution < -0.4 is 5.56 Å². The van der Waals surface area contributed by atoms with Gasteiger partial charge in [-0.05, 0) is 24.1 Å². The zero-order valence-electron chi connectivity index (χ0n) is 17.1. The molecular weight excluding hydrogens is 393 g/mol. The van der Waals surface area contributed by atoms with Gasteiger partial charge in [-0.15, -0.1) is 0 Å². The molecule has 2 atom stereocenters. The molecule has 160 valence electrons. The van der Waals surface area contributed by atoms with E-state index in [9.17, 15) is 23.9 Å². The number of methoxy groups -OCH3 is 1. The van der Waals surface area contributed by atoms with E-state index in [4.69, 9.17) is 4.74 Å². The summed E-state index contributed by atoms with van der Waals surface area (Å²) in [5.41, 5.74) is -0.330. The Kier molecular flexibility index (Phi) is 6.31. The lowest BCUT2D eigenvalue weighted by Crippen LogP contribution is -2.34. The first-order valence-corrected chi connectivity index (χ1v) is 9.60. The van der Waals surface area contributed by atoms with E-state index in [1.54, 1.807) is 24.1 Å². The number of nitrogens with zero attached hydrogens (tertiary/aromatic N) is 3. The van der Waals surface area contributed by atoms with E-state index in [1.165, 1.54) is 26.1 Å². The summed E-state index contributed by atoms with van der Waals surface area (Å²) in [5.74, 6) is -1.59. The maximum absolute atomic E-state index is 13.0. The third-order valence-corrected chi connectivity index (χ3v) is 5.42. The van der Waals surface area contributed by atoms with Crippen molar-refractivity contribution in [3.05, 3.63) is 57.5 Å². The number of carbonyl (C=O) groups is 2. The number of rotatable bonds is 6. The van der Waals surface area contributed by atoms with E-state index >= 15 is 0 Å². The maximum Gasteiger partial charge on any atom is 0.296 e. The fourth-order valence-electron chi connectivity index (χ4n) is 3.69. The molecule has 30 heavy (non-hydrogen) atoms. The number of halogens is 1. The number of hydrogen-bond acceptors (Lipinski definition) is 6. The first-order chi connectivity index (χ1) is 14.2. The second kappa shape index (κ2) is 8.74. The summed E-state index contributed by atoms with van der Waals surface area (Å²) in [6.45, 7) is 1.76. The van der Waals surface area contributed by atoms with Crippen molar-refractivity contribution >= 4 is 11.7 Å². The lowest BCUT2D eigenvalue weighted by molar-refractivity contribution is -0.130. The highest BCUT2D eigenvalue weighted by Gasteiger charge is 2.38. The summed E-state index contributed by atoms with van der Waals surface area (Å²) in [6, 6.07) is 5.19. The van der Waals surface area contributed by atoms with Crippen molar-refractivity contribution in [1.82, 2.24) is 14.5 Å². The van der Waals surface area contributed by atoms with Gasteiger partial charge in [0.05, 0.1) is 12.1 Å². The Bertz CT molecular complexity index is 1020. The van der Waals surface area contributed by atoms with Crippen LogP contribution in [0.2, 0.25) is 0 Å². The molecule has 1 N–H and O–H groups in total. The quantitative estimate of drug-likeness (QED) is 0.719. The number of aromatic hydroxyl groups is 1. The fraction of sp³-hybridized carbons (Fsp3) is 0.429. The normalized spacial score (nSPS) is 18.6. The Balaban J connectivity index is 1.91. The molecule has 1 amide bonds. The highest BCUT2D eigenvalue weighted by molar-refractivity contribution is 5.96. The van der Waals surface area contributed by atoms with Gasteiger partial charge in [0.1, 0.15) is 11.6 Å². The highest BCUT2D eigenvalue weighted by Crippen LogP contribution is 2.32. The minimum Gasteiger partial charge on any atom is -0.501 e. The largest absolute Gasteiger partial charge is 0.501 e. The Morgan fingerprint density at radius 2 is 1.97 bits per heavy atom. The van der Waals surface area contributed by atoms with Crippen LogP contribution in [0.15, 0.2) is 29.1 Å². The van der Waals surface area contributed by atoms with E-state index in [-0.39, 0.29) is 35.8 Å². The average molecular weight is 417 g/mol. The fourth-order valence-corrected chi connectivity index (χ4v) is 3.69. The molecule has 1 aliphatic rings. The van der Waals surface area contributed by atoms with E-state index in [0.29, 0.717) is 19.4 Å². The van der Waals surface area contributed by atoms with Gasteiger partial charge in [0.15, 0.2) is 11.5 Å². The molecule has 0 spiro atoms. The van der Waals surface area contributed by atoms with E-state index < -0.39 is 23.1 Å². The van der Waals surface area contributed by atoms with Crippen molar-refractivity contribution in [2.24, 2.45) is 7.05 Å². The van der Waals surface area contributed by atoms with Crippen LogP contribution in [0.5, 0.6) is 5.75 Å². The van der Waals surface area contributed by atoms with Gasteiger partial charge in [0.25, 0.3) is 5.56 Å². The molecule has 2 aromatic rings. The topological polar surface area (TPSA) is 102 Å². The van der Waals surface area contributed by atoms with Crippen molar-refractivity contribution < 1.29 is 23.8 Å². The number of carbonyl (C=O) groups excluding carboxylic acids is 2. The van der Waals surface area contributed by atoms with Crippen molar-refractivity contribution in [1.29, 1.82) is 0 Å². The molecular formula is C21H24FN3O5. The summed E-state index contributed by atoms with van der Waals surface area (Å²) in [5, 5.41) is 10.3. The zero-order chi connectivity index (χ0) is 22.0. The van der Waals surface area contributed by atoms with Crippen molar-refractivity contribution in [3.63, 3.8) is 0 Å². The summed E-state index contributed by atoms with van der Waals surface area (Å²) < 4.78 is 19.6. The molecule has 1 unspecified atom stereocenters. The van der Waals surface area contributed by atoms with Crippen molar-refractivity contribution in [3.8, 4) is 5.75 Å². The summed E-state index contributed by atoms with van der Waals surface area (Å²) in [7, 11) is 2.98. The van der Waals surface area contributed by atoms with Crippen molar-refractivity contribution in [2.45, 2.75) is 38.3 Å². The average Bonchev–Trinajstić information content (AvgIpc) is 3.16. The Labute approximate surface area is 172 Å². The van der Waals surface area contributed by atoms with Crippen LogP contribution in [-0.2, 0) is 23.0 Å². The third kappa shape index (κ3) is 4.25. The first-order valence-electron chi connectivity index (χ1n) is 9.60. The van der Waals surface area contributed by atoms with E-state index in [0.717, 1.165) is 10.1 Å². The second-order valence-corrected chi connectivity index (χ2v) is 7.36. The number of amides is 1. The van der Waals surface area contributed by atoms with Gasteiger partial charge >= 0.3 is 0 Å². The molecule has 2 heterocycles. The van der Waals surface area contributed by atoms with Crippen LogP contribution in [-0.4, -0.2) is 51.0 Å². The number of Topliss-reactive ketones (excluding diaryl/α,β-unsaturated/α-hetero) is 1. The molecule has 3 rings (SSSR count). The minimum absolute atomic E-state index is 0.0133. The van der Waals surface area contributed by atoms with E-state index in [1.807, 2.05) is 0 Å². The standard InChI is InChI=1S/C21H24FN3O5/c1-12(26)25-11-15(30-3)10-16(25)20-23-18(19(28)21(29)24(20)2)17(27)9-6-13-4-7-14(22)8-5-13/h4-5,7-8,15-16,28H,6,9-11H2,1-3H3/t15-,16?/m1/s1. The number of ketones is 1. The Hall–Kier alpha value is -3.07. The number of hydrogen-bond donors (Lipinski definition) is 1. The molecule has 1 aliphatic heterocycles. The Morgan fingerprint density at radius 3 is 2.57 bits per heavy atom. The van der Waals surface area contributed by atoms with Gasteiger partial charge in [-0.25, -0.2) is 9.37 Å². The monoisotopic (exact) mass is 417 g/mol. The minimum atomic E-state index is -0.755. The lowest BCUT2D eigenvalue weighted by Gasteiger charge is -2.24. The first kappa shape index (κ1) is 21.6. The lowest BCUT2D eigenvalue weighted by atomic mass is 10.1. The molecule has 1 saturated heterocycles.